The Morgan fingerprint density at radius 3 is 2.36 bits per heavy atom. The number of nitrogens with zero attached hydrogens (tertiary/aromatic N) is 1. The normalized spacial score (nSPS) is 12.6. The number of anilines is 2. The predicted octanol–water partition coefficient (Wildman–Crippen LogP) is 1.74. The standard InChI is InChI=1S/C19H21N3O6/c1-22(14-8-3-2-4-9-14)19(27)21-13-7-5-6-12(10-13)11-28-16(18(25)26)15(20)17(23)24/h2-10,15-16H,11,20H2,1H3,(H,21,27)(H,23,24)(H,25,26)/t15-,16-/m0/s1. The Hall–Kier alpha value is -3.43. The Labute approximate surface area is 161 Å². The second-order valence-corrected chi connectivity index (χ2v) is 5.96. The average Bonchev–Trinajstić information content (AvgIpc) is 2.68. The number of benzene rings is 2. The quantitative estimate of drug-likeness (QED) is 0.540. The maximum atomic E-state index is 12.4. The number of hydrogen-bond donors (Lipinski definition) is 4. The molecule has 0 aliphatic heterocycles. The minimum absolute atomic E-state index is 0.184. The number of carboxylic acids is 2. The number of para-hydroxylation sites is 1. The lowest BCUT2D eigenvalue weighted by Crippen LogP contribution is -2.47. The van der Waals surface area contributed by atoms with Crippen molar-refractivity contribution in [1.82, 2.24) is 0 Å². The number of aliphatic carboxylic acids is 2. The smallest absolute Gasteiger partial charge is 0.335 e. The molecule has 0 aliphatic rings. The van der Waals surface area contributed by atoms with Crippen molar-refractivity contribution in [2.45, 2.75) is 18.8 Å². The van der Waals surface area contributed by atoms with E-state index in [0.29, 0.717) is 16.9 Å². The van der Waals surface area contributed by atoms with E-state index < -0.39 is 24.1 Å². The summed E-state index contributed by atoms with van der Waals surface area (Å²) in [5, 5.41) is 20.7. The molecule has 0 aromatic heterocycles. The lowest BCUT2D eigenvalue weighted by Gasteiger charge is -2.19. The topological polar surface area (TPSA) is 142 Å². The second-order valence-electron chi connectivity index (χ2n) is 5.96. The molecule has 0 aliphatic carbocycles. The Balaban J connectivity index is 2.02. The number of amides is 2. The number of ether oxygens (including phenoxy) is 1. The molecule has 0 spiro atoms. The number of rotatable bonds is 8. The first-order valence-corrected chi connectivity index (χ1v) is 8.31. The lowest BCUT2D eigenvalue weighted by atomic mass is 10.1. The first kappa shape index (κ1) is 20.9. The van der Waals surface area contributed by atoms with Crippen LogP contribution in [0.5, 0.6) is 0 Å². The molecule has 9 nitrogen and oxygen atoms in total. The van der Waals surface area contributed by atoms with E-state index in [4.69, 9.17) is 20.7 Å². The van der Waals surface area contributed by atoms with Crippen molar-refractivity contribution in [2.24, 2.45) is 5.73 Å². The van der Waals surface area contributed by atoms with Crippen molar-refractivity contribution in [1.29, 1.82) is 0 Å². The monoisotopic (exact) mass is 387 g/mol. The van der Waals surface area contributed by atoms with Gasteiger partial charge in [0.15, 0.2) is 6.10 Å². The number of carbonyl (C=O) groups excluding carboxylic acids is 1. The number of carboxylic acid groups (broad SMARTS) is 2. The molecule has 0 heterocycles. The van der Waals surface area contributed by atoms with E-state index in [1.54, 1.807) is 43.4 Å². The molecule has 28 heavy (non-hydrogen) atoms. The van der Waals surface area contributed by atoms with Gasteiger partial charge in [-0.15, -0.1) is 0 Å². The van der Waals surface area contributed by atoms with Gasteiger partial charge in [0, 0.05) is 18.4 Å². The van der Waals surface area contributed by atoms with E-state index in [2.05, 4.69) is 5.32 Å². The first-order chi connectivity index (χ1) is 13.3. The number of carbonyl (C=O) groups is 3. The summed E-state index contributed by atoms with van der Waals surface area (Å²) in [5.41, 5.74) is 7.08. The molecule has 2 rings (SSSR count). The summed E-state index contributed by atoms with van der Waals surface area (Å²) in [5.74, 6) is -2.94. The van der Waals surface area contributed by atoms with E-state index in [0.717, 1.165) is 0 Å². The van der Waals surface area contributed by atoms with Gasteiger partial charge in [0.05, 0.1) is 6.61 Å². The Morgan fingerprint density at radius 2 is 1.75 bits per heavy atom. The molecule has 9 heteroatoms. The number of hydrogen-bond acceptors (Lipinski definition) is 5. The fraction of sp³-hybridized carbons (Fsp3) is 0.211. The number of nitrogens with one attached hydrogen (secondary N) is 1. The van der Waals surface area contributed by atoms with Gasteiger partial charge < -0.3 is 26.0 Å². The molecule has 0 bridgehead atoms. The Kier molecular flexibility index (Phi) is 7.08. The SMILES string of the molecule is CN(C(=O)Nc1cccc(CO[C@H](C(=O)O)[C@H](N)C(=O)O)c1)c1ccccc1. The van der Waals surface area contributed by atoms with Gasteiger partial charge in [0.1, 0.15) is 6.04 Å². The molecule has 0 saturated heterocycles. The van der Waals surface area contributed by atoms with Crippen LogP contribution in [0.25, 0.3) is 0 Å². The van der Waals surface area contributed by atoms with E-state index in [9.17, 15) is 14.4 Å². The third-order valence-electron chi connectivity index (χ3n) is 3.91. The molecular formula is C19H21N3O6. The van der Waals surface area contributed by atoms with Gasteiger partial charge in [-0.05, 0) is 29.8 Å². The predicted molar refractivity (Wildman–Crippen MR) is 102 cm³/mol. The van der Waals surface area contributed by atoms with Crippen molar-refractivity contribution < 1.29 is 29.3 Å². The highest BCUT2D eigenvalue weighted by Crippen LogP contribution is 2.16. The molecule has 0 radical (unpaired) electrons. The van der Waals surface area contributed by atoms with Gasteiger partial charge in [0.25, 0.3) is 0 Å². The van der Waals surface area contributed by atoms with Crippen LogP contribution in [-0.2, 0) is 20.9 Å². The summed E-state index contributed by atoms with van der Waals surface area (Å²) < 4.78 is 5.16. The van der Waals surface area contributed by atoms with Crippen LogP contribution in [0.3, 0.4) is 0 Å². The minimum atomic E-state index is -1.69. The van der Waals surface area contributed by atoms with Crippen LogP contribution >= 0.6 is 0 Å². The lowest BCUT2D eigenvalue weighted by molar-refractivity contribution is -0.159. The highest BCUT2D eigenvalue weighted by Gasteiger charge is 2.31. The fourth-order valence-corrected chi connectivity index (χ4v) is 2.36. The Bertz CT molecular complexity index is 843. The summed E-state index contributed by atoms with van der Waals surface area (Å²) in [6.45, 7) is -0.184. The average molecular weight is 387 g/mol. The summed E-state index contributed by atoms with van der Waals surface area (Å²) in [6, 6.07) is 13.6. The van der Waals surface area contributed by atoms with E-state index in [1.807, 2.05) is 18.2 Å². The van der Waals surface area contributed by atoms with Crippen LogP contribution in [-0.4, -0.2) is 47.4 Å². The highest BCUT2D eigenvalue weighted by molar-refractivity contribution is 6.01. The van der Waals surface area contributed by atoms with Crippen LogP contribution in [0.1, 0.15) is 5.56 Å². The second kappa shape index (κ2) is 9.49. The largest absolute Gasteiger partial charge is 0.480 e. The number of urea groups is 1. The fourth-order valence-electron chi connectivity index (χ4n) is 2.36. The van der Waals surface area contributed by atoms with Gasteiger partial charge >= 0.3 is 18.0 Å². The van der Waals surface area contributed by atoms with Crippen LogP contribution < -0.4 is 16.0 Å². The minimum Gasteiger partial charge on any atom is -0.480 e. The molecule has 2 amide bonds. The summed E-state index contributed by atoms with van der Waals surface area (Å²) in [6.07, 6.45) is -1.69. The highest BCUT2D eigenvalue weighted by atomic mass is 16.5. The molecule has 2 aromatic rings. The first-order valence-electron chi connectivity index (χ1n) is 8.31. The van der Waals surface area contributed by atoms with Crippen LogP contribution in [0, 0.1) is 0 Å². The molecule has 0 saturated carbocycles. The molecule has 5 N–H and O–H groups in total. The molecule has 0 fully saturated rings. The van der Waals surface area contributed by atoms with Crippen molar-refractivity contribution in [3.63, 3.8) is 0 Å². The van der Waals surface area contributed by atoms with Crippen LogP contribution in [0.2, 0.25) is 0 Å². The van der Waals surface area contributed by atoms with Crippen molar-refractivity contribution in [3.05, 3.63) is 60.2 Å². The molecule has 2 aromatic carbocycles. The summed E-state index contributed by atoms with van der Waals surface area (Å²) >= 11 is 0. The van der Waals surface area contributed by atoms with E-state index in [1.165, 1.54) is 4.90 Å². The zero-order valence-electron chi connectivity index (χ0n) is 15.1. The maximum Gasteiger partial charge on any atom is 0.335 e. The van der Waals surface area contributed by atoms with E-state index >= 15 is 0 Å². The van der Waals surface area contributed by atoms with Gasteiger partial charge in [0.2, 0.25) is 0 Å². The summed E-state index contributed by atoms with van der Waals surface area (Å²) in [4.78, 5) is 35.9. The zero-order valence-corrected chi connectivity index (χ0v) is 15.1. The van der Waals surface area contributed by atoms with Gasteiger partial charge in [-0.1, -0.05) is 30.3 Å². The van der Waals surface area contributed by atoms with Gasteiger partial charge in [-0.25, -0.2) is 9.59 Å². The third-order valence-corrected chi connectivity index (χ3v) is 3.91. The van der Waals surface area contributed by atoms with Crippen LogP contribution in [0.15, 0.2) is 54.6 Å². The molecule has 2 atom stereocenters. The zero-order chi connectivity index (χ0) is 20.7. The Morgan fingerprint density at radius 1 is 1.07 bits per heavy atom. The van der Waals surface area contributed by atoms with E-state index in [-0.39, 0.29) is 12.6 Å². The number of nitrogens with two attached hydrogens (primary N) is 1. The van der Waals surface area contributed by atoms with Crippen molar-refractivity contribution in [2.75, 3.05) is 17.3 Å². The summed E-state index contributed by atoms with van der Waals surface area (Å²) in [7, 11) is 1.63. The molecule has 148 valence electrons. The molecular weight excluding hydrogens is 366 g/mol. The van der Waals surface area contributed by atoms with Gasteiger partial charge in [-0.3, -0.25) is 9.69 Å². The third kappa shape index (κ3) is 5.53. The molecule has 0 unspecified atom stereocenters. The van der Waals surface area contributed by atoms with Gasteiger partial charge in [-0.2, -0.15) is 0 Å². The maximum absolute atomic E-state index is 12.4. The van der Waals surface area contributed by atoms with Crippen LogP contribution in [0.4, 0.5) is 16.2 Å². The van der Waals surface area contributed by atoms with Crippen molar-refractivity contribution in [3.8, 4) is 0 Å². The van der Waals surface area contributed by atoms with Crippen molar-refractivity contribution >= 4 is 29.3 Å².